The third kappa shape index (κ3) is 3.69. The van der Waals surface area contributed by atoms with Gasteiger partial charge in [0.25, 0.3) is 5.69 Å². The van der Waals surface area contributed by atoms with E-state index in [1.54, 1.807) is 23.0 Å². The minimum absolute atomic E-state index is 0.0416. The summed E-state index contributed by atoms with van der Waals surface area (Å²) in [4.78, 5) is 11.7. The lowest BCUT2D eigenvalue weighted by Crippen LogP contribution is -2.04. The third-order valence-electron chi connectivity index (χ3n) is 4.69. The summed E-state index contributed by atoms with van der Waals surface area (Å²) in [5.74, 6) is 0.413. The number of aryl methyl sites for hydroxylation is 2. The Morgan fingerprint density at radius 3 is 2.59 bits per heavy atom. The van der Waals surface area contributed by atoms with E-state index in [0.29, 0.717) is 22.6 Å². The van der Waals surface area contributed by atoms with Gasteiger partial charge in [-0.1, -0.05) is 30.4 Å². The summed E-state index contributed by atoms with van der Waals surface area (Å²) in [6.07, 6.45) is 1.75. The number of nitrogens with one attached hydrogen (secondary N) is 1. The molecule has 4 rings (SSSR count). The Morgan fingerprint density at radius 1 is 1.14 bits per heavy atom. The van der Waals surface area contributed by atoms with Crippen LogP contribution in [0.2, 0.25) is 0 Å². The van der Waals surface area contributed by atoms with Gasteiger partial charge in [0.1, 0.15) is 4.64 Å². The summed E-state index contributed by atoms with van der Waals surface area (Å²) in [5.41, 5.74) is 4.86. The number of aromatic amines is 1. The maximum Gasteiger partial charge on any atom is 0.269 e. The van der Waals surface area contributed by atoms with Crippen LogP contribution in [-0.4, -0.2) is 34.9 Å². The zero-order valence-corrected chi connectivity index (χ0v) is 16.6. The van der Waals surface area contributed by atoms with Gasteiger partial charge in [0, 0.05) is 18.3 Å². The molecule has 0 atom stereocenters. The number of nitrogens with zero attached hydrogens (tertiary/aromatic N) is 6. The summed E-state index contributed by atoms with van der Waals surface area (Å²) >= 11 is 5.59. The van der Waals surface area contributed by atoms with Crippen molar-refractivity contribution in [3.63, 3.8) is 0 Å². The second-order valence-corrected chi connectivity index (χ2v) is 7.05. The normalized spacial score (nSPS) is 11.0. The van der Waals surface area contributed by atoms with Crippen LogP contribution < -0.4 is 0 Å². The molecule has 2 aromatic carbocycles. The summed E-state index contributed by atoms with van der Waals surface area (Å²) in [5, 5.41) is 26.5. The first-order valence-corrected chi connectivity index (χ1v) is 9.23. The van der Waals surface area contributed by atoms with Gasteiger partial charge < -0.3 is 0 Å². The van der Waals surface area contributed by atoms with Crippen molar-refractivity contribution in [2.45, 2.75) is 20.4 Å². The van der Waals surface area contributed by atoms with E-state index in [0.717, 1.165) is 11.3 Å². The molecule has 0 bridgehead atoms. The van der Waals surface area contributed by atoms with Crippen LogP contribution in [-0.2, 0) is 6.54 Å². The van der Waals surface area contributed by atoms with Crippen molar-refractivity contribution in [2.24, 2.45) is 0 Å². The molecule has 0 spiro atoms. The Bertz CT molecular complexity index is 1250. The van der Waals surface area contributed by atoms with Gasteiger partial charge in [-0.25, -0.2) is 4.68 Å². The van der Waals surface area contributed by atoms with Crippen LogP contribution in [0.25, 0.3) is 17.1 Å². The summed E-state index contributed by atoms with van der Waals surface area (Å²) in [6.45, 7) is 4.46. The first-order chi connectivity index (χ1) is 13.9. The largest absolute Gasteiger partial charge is 0.299 e. The van der Waals surface area contributed by atoms with Gasteiger partial charge in [-0.3, -0.25) is 15.2 Å². The molecule has 1 N–H and O–H groups in total. The van der Waals surface area contributed by atoms with Gasteiger partial charge in [-0.2, -0.15) is 4.80 Å². The Morgan fingerprint density at radius 2 is 1.90 bits per heavy atom. The van der Waals surface area contributed by atoms with E-state index >= 15 is 0 Å². The molecule has 0 radical (unpaired) electrons. The average molecular weight is 407 g/mol. The SMILES string of the molecule is Cc1ccc(-n2[nH]cc(-c3nnn(Cc4ccc([N+](=O)[O-])cc4)n3)c2=S)cc1C. The lowest BCUT2D eigenvalue weighted by molar-refractivity contribution is -0.384. The molecular formula is C19H17N7O2S. The number of H-pyrrole nitrogens is 1. The number of aromatic nitrogens is 6. The second kappa shape index (κ2) is 7.40. The second-order valence-electron chi connectivity index (χ2n) is 6.66. The first-order valence-electron chi connectivity index (χ1n) is 8.82. The van der Waals surface area contributed by atoms with Gasteiger partial charge in [0.15, 0.2) is 0 Å². The van der Waals surface area contributed by atoms with E-state index < -0.39 is 4.92 Å². The quantitative estimate of drug-likeness (QED) is 0.307. The van der Waals surface area contributed by atoms with Crippen molar-refractivity contribution < 1.29 is 4.92 Å². The van der Waals surface area contributed by atoms with E-state index in [1.165, 1.54) is 28.1 Å². The summed E-state index contributed by atoms with van der Waals surface area (Å²) in [6, 6.07) is 12.3. The van der Waals surface area contributed by atoms with Gasteiger partial charge in [-0.05, 0) is 47.9 Å². The van der Waals surface area contributed by atoms with E-state index in [-0.39, 0.29) is 5.69 Å². The first kappa shape index (κ1) is 18.7. The summed E-state index contributed by atoms with van der Waals surface area (Å²) < 4.78 is 2.36. The van der Waals surface area contributed by atoms with Crippen LogP contribution >= 0.6 is 12.2 Å². The number of non-ortho nitro benzene ring substituents is 1. The molecule has 29 heavy (non-hydrogen) atoms. The van der Waals surface area contributed by atoms with Crippen LogP contribution in [0.3, 0.4) is 0 Å². The van der Waals surface area contributed by atoms with Crippen LogP contribution in [0, 0.1) is 28.6 Å². The van der Waals surface area contributed by atoms with Gasteiger partial charge in [0.2, 0.25) is 5.82 Å². The highest BCUT2D eigenvalue weighted by Gasteiger charge is 2.13. The highest BCUT2D eigenvalue weighted by Crippen LogP contribution is 2.20. The maximum atomic E-state index is 10.8. The molecule has 2 aromatic heterocycles. The van der Waals surface area contributed by atoms with Crippen LogP contribution in [0.1, 0.15) is 16.7 Å². The molecular weight excluding hydrogens is 390 g/mol. The molecule has 0 unspecified atom stereocenters. The molecule has 0 saturated heterocycles. The lowest BCUT2D eigenvalue weighted by atomic mass is 10.1. The Balaban J connectivity index is 1.58. The summed E-state index contributed by atoms with van der Waals surface area (Å²) in [7, 11) is 0. The van der Waals surface area contributed by atoms with Crippen molar-refractivity contribution in [1.82, 2.24) is 30.0 Å². The van der Waals surface area contributed by atoms with Crippen molar-refractivity contribution in [3.05, 3.63) is 80.1 Å². The molecule has 10 heteroatoms. The number of hydrogen-bond donors (Lipinski definition) is 1. The lowest BCUT2D eigenvalue weighted by Gasteiger charge is -2.06. The molecule has 9 nitrogen and oxygen atoms in total. The standard InChI is InChI=1S/C19H17N7O2S/c1-12-3-6-16(9-13(12)2)25-19(29)17(10-20-25)18-21-23-24(22-18)11-14-4-7-15(8-5-14)26(27)28/h3-10,20H,11H2,1-2H3. The zero-order valence-electron chi connectivity index (χ0n) is 15.7. The van der Waals surface area contributed by atoms with Crippen molar-refractivity contribution in [1.29, 1.82) is 0 Å². The number of tetrazole rings is 1. The molecule has 0 aliphatic rings. The van der Waals surface area contributed by atoms with Crippen LogP contribution in [0.4, 0.5) is 5.69 Å². The number of nitro groups is 1. The third-order valence-corrected chi connectivity index (χ3v) is 5.09. The van der Waals surface area contributed by atoms with E-state index in [2.05, 4.69) is 40.4 Å². The highest BCUT2D eigenvalue weighted by molar-refractivity contribution is 7.71. The fraction of sp³-hybridized carbons (Fsp3) is 0.158. The van der Waals surface area contributed by atoms with E-state index in [4.69, 9.17) is 12.2 Å². The minimum atomic E-state index is -0.433. The maximum absolute atomic E-state index is 10.8. The highest BCUT2D eigenvalue weighted by atomic mass is 32.1. The van der Waals surface area contributed by atoms with Gasteiger partial charge in [-0.15, -0.1) is 10.2 Å². The van der Waals surface area contributed by atoms with Crippen molar-refractivity contribution in [3.8, 4) is 17.1 Å². The van der Waals surface area contributed by atoms with Crippen molar-refractivity contribution >= 4 is 17.9 Å². The average Bonchev–Trinajstić information content (AvgIpc) is 3.31. The fourth-order valence-corrected chi connectivity index (χ4v) is 3.20. The number of hydrogen-bond acceptors (Lipinski definition) is 6. The predicted molar refractivity (Wildman–Crippen MR) is 109 cm³/mol. The number of nitro benzene ring substituents is 1. The molecule has 146 valence electrons. The molecule has 4 aromatic rings. The van der Waals surface area contributed by atoms with E-state index in [9.17, 15) is 10.1 Å². The molecule has 0 aliphatic heterocycles. The molecule has 0 aliphatic carbocycles. The Labute approximate surface area is 170 Å². The minimum Gasteiger partial charge on any atom is -0.299 e. The van der Waals surface area contributed by atoms with E-state index in [1.807, 2.05) is 12.1 Å². The number of benzene rings is 2. The Kier molecular flexibility index (Phi) is 4.77. The molecule has 2 heterocycles. The molecule has 0 saturated carbocycles. The van der Waals surface area contributed by atoms with Crippen LogP contribution in [0.5, 0.6) is 0 Å². The molecule has 0 amide bonds. The van der Waals surface area contributed by atoms with Crippen LogP contribution in [0.15, 0.2) is 48.7 Å². The fourth-order valence-electron chi connectivity index (χ4n) is 2.89. The zero-order chi connectivity index (χ0) is 20.5. The predicted octanol–water partition coefficient (Wildman–Crippen LogP) is 3.76. The number of rotatable bonds is 5. The topological polar surface area (TPSA) is 107 Å². The van der Waals surface area contributed by atoms with Gasteiger partial charge >= 0.3 is 0 Å². The monoisotopic (exact) mass is 407 g/mol. The smallest absolute Gasteiger partial charge is 0.269 e. The molecule has 0 fully saturated rings. The Hall–Kier alpha value is -3.66. The van der Waals surface area contributed by atoms with Crippen molar-refractivity contribution in [2.75, 3.05) is 0 Å². The van der Waals surface area contributed by atoms with Gasteiger partial charge in [0.05, 0.1) is 22.7 Å².